The fourth-order valence-electron chi connectivity index (χ4n) is 3.57. The number of fused-ring (bicyclic) bond motifs is 1. The summed E-state index contributed by atoms with van der Waals surface area (Å²) in [5.74, 6) is 0.0831. The van der Waals surface area contributed by atoms with Gasteiger partial charge in [0.15, 0.2) is 0 Å². The lowest BCUT2D eigenvalue weighted by Crippen LogP contribution is -2.44. The minimum atomic E-state index is -0.455. The van der Waals surface area contributed by atoms with Crippen molar-refractivity contribution in [1.82, 2.24) is 19.5 Å². The molecule has 1 fully saturated rings. The number of morpholine rings is 1. The Hall–Kier alpha value is -3.04. The molecule has 2 amide bonds. The van der Waals surface area contributed by atoms with Gasteiger partial charge < -0.3 is 9.64 Å². The minimum Gasteiger partial charge on any atom is -0.377 e. The van der Waals surface area contributed by atoms with E-state index in [0.717, 1.165) is 4.90 Å². The van der Waals surface area contributed by atoms with Gasteiger partial charge in [-0.3, -0.25) is 9.59 Å². The topological polar surface area (TPSA) is 93.5 Å². The van der Waals surface area contributed by atoms with Crippen LogP contribution in [-0.4, -0.2) is 57.1 Å². The number of anilines is 2. The Morgan fingerprint density at radius 1 is 1.17 bits per heavy atom. The first kappa shape index (κ1) is 20.2. The number of nitrogens with zero attached hydrogens (tertiary/aromatic N) is 6. The fraction of sp³-hybridized carbons (Fsp3) is 0.350. The van der Waals surface area contributed by atoms with E-state index >= 15 is 0 Å². The third-order valence-corrected chi connectivity index (χ3v) is 5.10. The van der Waals surface area contributed by atoms with Crippen LogP contribution in [0.3, 0.4) is 0 Å². The highest BCUT2D eigenvalue weighted by atomic mass is 35.5. The second-order valence-electron chi connectivity index (χ2n) is 7.08. The van der Waals surface area contributed by atoms with Gasteiger partial charge >= 0.3 is 0 Å². The molecule has 9 nitrogen and oxygen atoms in total. The molecule has 0 saturated carbocycles. The lowest BCUT2D eigenvalue weighted by atomic mass is 10.2. The minimum absolute atomic E-state index is 0.113. The fourth-order valence-corrected chi connectivity index (χ4v) is 3.75. The van der Waals surface area contributed by atoms with Crippen molar-refractivity contribution in [2.45, 2.75) is 26.8 Å². The van der Waals surface area contributed by atoms with Crippen molar-refractivity contribution in [2.75, 3.05) is 29.6 Å². The van der Waals surface area contributed by atoms with Crippen LogP contribution in [0.2, 0.25) is 5.15 Å². The van der Waals surface area contributed by atoms with Gasteiger partial charge in [-0.25, -0.2) is 19.4 Å². The number of carbonyl (C=O) groups is 2. The summed E-state index contributed by atoms with van der Waals surface area (Å²) in [5, 5.41) is 0.245. The highest BCUT2D eigenvalue weighted by Gasteiger charge is 2.27. The molecule has 0 unspecified atom stereocenters. The molecule has 1 aromatic carbocycles. The smallest absolute Gasteiger partial charge is 0.240 e. The highest BCUT2D eigenvalue weighted by molar-refractivity contribution is 6.29. The molecule has 0 aliphatic carbocycles. The molecule has 1 aliphatic rings. The van der Waals surface area contributed by atoms with Gasteiger partial charge in [0.2, 0.25) is 23.7 Å². The average molecular weight is 429 g/mol. The number of hydrogen-bond acceptors (Lipinski definition) is 7. The summed E-state index contributed by atoms with van der Waals surface area (Å²) in [6.07, 6.45) is 0. The van der Waals surface area contributed by atoms with Crippen molar-refractivity contribution in [1.29, 1.82) is 0 Å². The van der Waals surface area contributed by atoms with E-state index in [1.54, 1.807) is 16.7 Å². The first-order valence-corrected chi connectivity index (χ1v) is 9.92. The summed E-state index contributed by atoms with van der Waals surface area (Å²) in [5.41, 5.74) is 1.26. The highest BCUT2D eigenvalue weighted by Crippen LogP contribution is 2.29. The van der Waals surface area contributed by atoms with E-state index in [9.17, 15) is 9.59 Å². The standard InChI is InChI=1S/C20H21ClN6O3/c1-12-11-30-9-8-25(12)18-10-17(21)23-19(24-18)27-16-7-5-4-6-15(16)22-20(27)26(13(2)28)14(3)29/h4-7,10,12H,8-9,11H2,1-3H3/t12-/m1/s1. The first-order chi connectivity index (χ1) is 14.4. The number of ether oxygens (including phenoxy) is 1. The van der Waals surface area contributed by atoms with E-state index in [2.05, 4.69) is 14.9 Å². The van der Waals surface area contributed by atoms with Crippen LogP contribution in [0.5, 0.6) is 0 Å². The third-order valence-electron chi connectivity index (χ3n) is 4.90. The summed E-state index contributed by atoms with van der Waals surface area (Å²) in [4.78, 5) is 41.2. The van der Waals surface area contributed by atoms with Crippen molar-refractivity contribution in [3.8, 4) is 5.95 Å². The van der Waals surface area contributed by atoms with E-state index in [0.29, 0.717) is 36.6 Å². The van der Waals surface area contributed by atoms with Gasteiger partial charge in [0.05, 0.1) is 30.3 Å². The monoisotopic (exact) mass is 428 g/mol. The van der Waals surface area contributed by atoms with Crippen molar-refractivity contribution >= 4 is 46.2 Å². The average Bonchev–Trinajstić information content (AvgIpc) is 3.06. The van der Waals surface area contributed by atoms with E-state index in [1.807, 2.05) is 25.1 Å². The largest absolute Gasteiger partial charge is 0.377 e. The van der Waals surface area contributed by atoms with Crippen LogP contribution in [0.1, 0.15) is 20.8 Å². The Balaban J connectivity index is 1.94. The van der Waals surface area contributed by atoms with Crippen molar-refractivity contribution in [3.63, 3.8) is 0 Å². The molecule has 0 spiro atoms. The zero-order valence-electron chi connectivity index (χ0n) is 16.9. The number of para-hydroxylation sites is 2. The molecule has 0 bridgehead atoms. The molecule has 156 valence electrons. The molecule has 10 heteroatoms. The zero-order valence-corrected chi connectivity index (χ0v) is 17.6. The van der Waals surface area contributed by atoms with Crippen LogP contribution in [0.25, 0.3) is 17.0 Å². The van der Waals surface area contributed by atoms with Gasteiger partial charge in [0.1, 0.15) is 11.0 Å². The van der Waals surface area contributed by atoms with E-state index in [4.69, 9.17) is 21.3 Å². The predicted molar refractivity (Wildman–Crippen MR) is 113 cm³/mol. The lowest BCUT2D eigenvalue weighted by Gasteiger charge is -2.34. The van der Waals surface area contributed by atoms with Gasteiger partial charge in [-0.1, -0.05) is 23.7 Å². The lowest BCUT2D eigenvalue weighted by molar-refractivity contribution is -0.124. The Morgan fingerprint density at radius 2 is 1.90 bits per heavy atom. The van der Waals surface area contributed by atoms with Crippen LogP contribution in [0.15, 0.2) is 30.3 Å². The van der Waals surface area contributed by atoms with Crippen LogP contribution in [-0.2, 0) is 14.3 Å². The first-order valence-electron chi connectivity index (χ1n) is 9.55. The maximum atomic E-state index is 12.2. The number of carbonyl (C=O) groups excluding carboxylic acids is 2. The van der Waals surface area contributed by atoms with E-state index in [1.165, 1.54) is 13.8 Å². The number of amides is 2. The second kappa shape index (κ2) is 8.00. The van der Waals surface area contributed by atoms with Crippen molar-refractivity contribution < 1.29 is 14.3 Å². The summed E-state index contributed by atoms with van der Waals surface area (Å²) in [7, 11) is 0. The number of aromatic nitrogens is 4. The number of hydrogen-bond donors (Lipinski definition) is 0. The summed E-state index contributed by atoms with van der Waals surface area (Å²) < 4.78 is 7.09. The van der Waals surface area contributed by atoms with Crippen LogP contribution >= 0.6 is 11.6 Å². The van der Waals surface area contributed by atoms with Gasteiger partial charge in [-0.15, -0.1) is 0 Å². The molecule has 3 aromatic rings. The molecule has 4 rings (SSSR count). The van der Waals surface area contributed by atoms with Gasteiger partial charge in [-0.05, 0) is 19.1 Å². The van der Waals surface area contributed by atoms with Crippen molar-refractivity contribution in [3.05, 3.63) is 35.5 Å². The molecule has 0 N–H and O–H groups in total. The third kappa shape index (κ3) is 3.61. The van der Waals surface area contributed by atoms with Gasteiger partial charge in [-0.2, -0.15) is 4.98 Å². The molecular formula is C20H21ClN6O3. The maximum Gasteiger partial charge on any atom is 0.240 e. The van der Waals surface area contributed by atoms with E-state index < -0.39 is 11.8 Å². The summed E-state index contributed by atoms with van der Waals surface area (Å²) >= 11 is 6.35. The number of rotatable bonds is 3. The number of imide groups is 1. The van der Waals surface area contributed by atoms with Crippen LogP contribution in [0.4, 0.5) is 11.8 Å². The number of imidazole rings is 1. The molecular weight excluding hydrogens is 408 g/mol. The SMILES string of the molecule is CC(=O)N(C(C)=O)c1nc2ccccc2n1-c1nc(Cl)cc(N2CCOC[C@H]2C)n1. The predicted octanol–water partition coefficient (Wildman–Crippen LogP) is 2.59. The molecule has 1 aliphatic heterocycles. The summed E-state index contributed by atoms with van der Waals surface area (Å²) in [6.45, 7) is 6.50. The molecule has 1 saturated heterocycles. The second-order valence-corrected chi connectivity index (χ2v) is 7.46. The van der Waals surface area contributed by atoms with Crippen LogP contribution < -0.4 is 9.80 Å². The zero-order chi connectivity index (χ0) is 21.4. The summed E-state index contributed by atoms with van der Waals surface area (Å²) in [6, 6.07) is 9.09. The normalized spacial score (nSPS) is 16.7. The van der Waals surface area contributed by atoms with Crippen LogP contribution in [0, 0.1) is 0 Å². The number of benzene rings is 1. The van der Waals surface area contributed by atoms with E-state index in [-0.39, 0.29) is 23.1 Å². The Labute approximate surface area is 178 Å². The van der Waals surface area contributed by atoms with Gasteiger partial charge in [0.25, 0.3) is 0 Å². The quantitative estimate of drug-likeness (QED) is 0.592. The number of halogens is 1. The Bertz CT molecular complexity index is 1120. The molecule has 1 atom stereocenters. The maximum absolute atomic E-state index is 12.2. The molecule has 2 aromatic heterocycles. The Kier molecular flexibility index (Phi) is 5.40. The van der Waals surface area contributed by atoms with Crippen molar-refractivity contribution in [2.24, 2.45) is 0 Å². The molecule has 3 heterocycles. The Morgan fingerprint density at radius 3 is 2.60 bits per heavy atom. The van der Waals surface area contributed by atoms with Gasteiger partial charge in [0, 0.05) is 26.5 Å². The molecule has 0 radical (unpaired) electrons. The molecule has 30 heavy (non-hydrogen) atoms.